The van der Waals surface area contributed by atoms with Crippen LogP contribution in [0, 0.1) is 12.5 Å². The van der Waals surface area contributed by atoms with Crippen molar-refractivity contribution in [3.63, 3.8) is 0 Å². The average Bonchev–Trinajstić information content (AvgIpc) is 2.95. The number of carbonyl (C=O) groups excluding carboxylic acids is 2. The van der Waals surface area contributed by atoms with Crippen molar-refractivity contribution in [3.8, 4) is 6.57 Å². The number of rotatable bonds is 2. The van der Waals surface area contributed by atoms with Gasteiger partial charge in [0.1, 0.15) is 0 Å². The minimum atomic E-state index is -1.03. The molecule has 4 atom stereocenters. The lowest BCUT2D eigenvalue weighted by molar-refractivity contribution is -0.166. The molecule has 128 valence electrons. The number of ether oxygens (including phenoxy) is 2. The van der Waals surface area contributed by atoms with Crippen LogP contribution in [0.3, 0.4) is 0 Å². The smallest absolute Gasteiger partial charge is 0.376 e. The van der Waals surface area contributed by atoms with E-state index in [2.05, 4.69) is 18.3 Å². The van der Waals surface area contributed by atoms with E-state index in [4.69, 9.17) is 16.0 Å². The quantitative estimate of drug-likeness (QED) is 0.442. The summed E-state index contributed by atoms with van der Waals surface area (Å²) in [6.07, 6.45) is 2.65. The summed E-state index contributed by atoms with van der Waals surface area (Å²) in [5.41, 5.74) is 0.750. The largest absolute Gasteiger partial charge is 0.450 e. The van der Waals surface area contributed by atoms with Crippen LogP contribution in [0.5, 0.6) is 0 Å². The average molecular weight is 330 g/mol. The fourth-order valence-electron chi connectivity index (χ4n) is 4.65. The molecule has 0 aromatic heterocycles. The van der Waals surface area contributed by atoms with Gasteiger partial charge in [-0.1, -0.05) is 23.9 Å². The van der Waals surface area contributed by atoms with Crippen LogP contribution in [0.2, 0.25) is 0 Å². The molecular weight excluding hydrogens is 306 g/mol. The molecule has 0 bridgehead atoms. The Balaban J connectivity index is 2.18. The first-order valence-electron chi connectivity index (χ1n) is 8.53. The fraction of sp³-hybridized carbons (Fsp3) is 0.632. The van der Waals surface area contributed by atoms with Gasteiger partial charge in [-0.25, -0.2) is 4.79 Å². The molecule has 0 spiro atoms. The van der Waals surface area contributed by atoms with E-state index in [9.17, 15) is 9.59 Å². The summed E-state index contributed by atoms with van der Waals surface area (Å²) in [4.78, 5) is 28.4. The summed E-state index contributed by atoms with van der Waals surface area (Å²) in [5.74, 6) is -0.860. The SMILES string of the molecule is C#[N+][C@]12C(=C(C)CC[C@H]3C(=C)C(=O)O[C@@H]31)CC[C@@]2(C)OC(=O)CC. The molecule has 1 aliphatic heterocycles. The molecule has 3 aliphatic rings. The van der Waals surface area contributed by atoms with Gasteiger partial charge in [-0.05, 0) is 39.5 Å². The second-order valence-corrected chi connectivity index (χ2v) is 7.21. The number of carbonyl (C=O) groups is 2. The minimum absolute atomic E-state index is 0.157. The molecule has 0 unspecified atom stereocenters. The molecule has 0 N–H and O–H groups in total. The monoisotopic (exact) mass is 330 g/mol. The van der Waals surface area contributed by atoms with E-state index >= 15 is 0 Å². The van der Waals surface area contributed by atoms with Gasteiger partial charge >= 0.3 is 17.5 Å². The molecule has 1 saturated heterocycles. The summed E-state index contributed by atoms with van der Waals surface area (Å²) < 4.78 is 11.5. The van der Waals surface area contributed by atoms with E-state index in [-0.39, 0.29) is 18.3 Å². The maximum atomic E-state index is 12.1. The van der Waals surface area contributed by atoms with Gasteiger partial charge in [0.15, 0.2) is 11.7 Å². The van der Waals surface area contributed by atoms with Crippen molar-refractivity contribution in [1.82, 2.24) is 0 Å². The standard InChI is InChI=1S/C19H24NO4/c1-6-15(21)24-18(4)10-9-14-11(2)7-8-13-12(3)17(22)23-16(13)19(14,18)20-5/h5,13,16H,3,6-10H2,1-2,4H3/q+1/t13-,16-,18+,19+/m0/s1. The van der Waals surface area contributed by atoms with Crippen LogP contribution in [0.4, 0.5) is 0 Å². The van der Waals surface area contributed by atoms with Crippen LogP contribution in [0.15, 0.2) is 23.3 Å². The van der Waals surface area contributed by atoms with Crippen LogP contribution >= 0.6 is 0 Å². The first-order chi connectivity index (χ1) is 11.3. The molecule has 0 aromatic rings. The van der Waals surface area contributed by atoms with Crippen LogP contribution in [-0.2, 0) is 19.1 Å². The lowest BCUT2D eigenvalue weighted by atomic mass is 9.72. The molecule has 5 nitrogen and oxygen atoms in total. The molecule has 0 aromatic carbocycles. The first kappa shape index (κ1) is 16.8. The number of allylic oxidation sites excluding steroid dienone is 1. The predicted molar refractivity (Wildman–Crippen MR) is 89.5 cm³/mol. The molecule has 1 saturated carbocycles. The van der Waals surface area contributed by atoms with Gasteiger partial charge in [0, 0.05) is 23.5 Å². The summed E-state index contributed by atoms with van der Waals surface area (Å²) in [7, 11) is 0. The lowest BCUT2D eigenvalue weighted by Gasteiger charge is -2.35. The van der Waals surface area contributed by atoms with Gasteiger partial charge < -0.3 is 9.47 Å². The highest BCUT2D eigenvalue weighted by atomic mass is 16.6. The first-order valence-corrected chi connectivity index (χ1v) is 8.53. The van der Waals surface area contributed by atoms with Gasteiger partial charge in [-0.15, -0.1) is 0 Å². The van der Waals surface area contributed by atoms with E-state index in [0.29, 0.717) is 12.0 Å². The van der Waals surface area contributed by atoms with Crippen molar-refractivity contribution < 1.29 is 19.1 Å². The number of nitrogens with zero attached hydrogens (tertiary/aromatic N) is 1. The lowest BCUT2D eigenvalue weighted by Crippen LogP contribution is -2.58. The topological polar surface area (TPSA) is 57.0 Å². The van der Waals surface area contributed by atoms with Gasteiger partial charge in [0.2, 0.25) is 0 Å². The molecule has 0 radical (unpaired) electrons. The van der Waals surface area contributed by atoms with Crippen LogP contribution in [0.25, 0.3) is 4.85 Å². The number of hydrogen-bond donors (Lipinski definition) is 0. The van der Waals surface area contributed by atoms with Crippen molar-refractivity contribution in [2.24, 2.45) is 5.92 Å². The molecule has 5 heteroatoms. The molecule has 0 amide bonds. The van der Waals surface area contributed by atoms with E-state index in [1.54, 1.807) is 6.92 Å². The number of esters is 2. The van der Waals surface area contributed by atoms with Crippen molar-refractivity contribution in [2.45, 2.75) is 70.1 Å². The zero-order valence-corrected chi connectivity index (χ0v) is 14.6. The molecule has 24 heavy (non-hydrogen) atoms. The Hall–Kier alpha value is -2.09. The molecule has 2 aliphatic carbocycles. The van der Waals surface area contributed by atoms with Gasteiger partial charge in [0.25, 0.3) is 6.57 Å². The highest BCUT2D eigenvalue weighted by Gasteiger charge is 2.76. The Morgan fingerprint density at radius 3 is 2.83 bits per heavy atom. The van der Waals surface area contributed by atoms with Crippen LogP contribution in [0.1, 0.15) is 52.9 Å². The van der Waals surface area contributed by atoms with Crippen molar-refractivity contribution in [1.29, 1.82) is 0 Å². The Morgan fingerprint density at radius 2 is 2.21 bits per heavy atom. The summed E-state index contributed by atoms with van der Waals surface area (Å²) in [6.45, 7) is 15.5. The fourth-order valence-corrected chi connectivity index (χ4v) is 4.65. The Labute approximate surface area is 142 Å². The third-order valence-corrected chi connectivity index (χ3v) is 6.02. The van der Waals surface area contributed by atoms with Crippen LogP contribution < -0.4 is 0 Å². The zero-order chi connectivity index (χ0) is 17.7. The molecule has 1 heterocycles. The van der Waals surface area contributed by atoms with Crippen molar-refractivity contribution in [2.75, 3.05) is 0 Å². The maximum absolute atomic E-state index is 12.1. The highest BCUT2D eigenvalue weighted by Crippen LogP contribution is 2.58. The van der Waals surface area contributed by atoms with Gasteiger partial charge in [-0.2, -0.15) is 0 Å². The maximum Gasteiger partial charge on any atom is 0.376 e. The summed E-state index contributed by atoms with van der Waals surface area (Å²) >= 11 is 0. The van der Waals surface area contributed by atoms with E-state index in [1.807, 2.05) is 6.92 Å². The number of fused-ring (bicyclic) bond motifs is 3. The summed E-state index contributed by atoms with van der Waals surface area (Å²) in [6, 6.07) is 0. The van der Waals surface area contributed by atoms with Gasteiger partial charge in [-0.3, -0.25) is 4.79 Å². The molecular formula is C19H24NO4+. The Kier molecular flexibility index (Phi) is 3.82. The molecule has 2 fully saturated rings. The third kappa shape index (κ3) is 1.98. The van der Waals surface area contributed by atoms with Gasteiger partial charge in [0.05, 0.1) is 0 Å². The van der Waals surface area contributed by atoms with E-state index < -0.39 is 23.2 Å². The van der Waals surface area contributed by atoms with Crippen molar-refractivity contribution in [3.05, 3.63) is 28.1 Å². The Bertz CT molecular complexity index is 701. The van der Waals surface area contributed by atoms with E-state index in [0.717, 1.165) is 24.8 Å². The second kappa shape index (κ2) is 5.47. The predicted octanol–water partition coefficient (Wildman–Crippen LogP) is 3.40. The van der Waals surface area contributed by atoms with Crippen LogP contribution in [-0.4, -0.2) is 29.2 Å². The third-order valence-electron chi connectivity index (χ3n) is 6.02. The van der Waals surface area contributed by atoms with E-state index in [1.165, 1.54) is 5.57 Å². The molecule has 3 rings (SSSR count). The summed E-state index contributed by atoms with van der Waals surface area (Å²) in [5, 5.41) is 0. The zero-order valence-electron chi connectivity index (χ0n) is 14.6. The minimum Gasteiger partial charge on any atom is -0.450 e. The highest BCUT2D eigenvalue weighted by molar-refractivity contribution is 5.91. The number of hydrogen-bond acceptors (Lipinski definition) is 4. The van der Waals surface area contributed by atoms with Crippen molar-refractivity contribution >= 4 is 11.9 Å². The second-order valence-electron chi connectivity index (χ2n) is 7.21. The Morgan fingerprint density at radius 1 is 1.50 bits per heavy atom. The normalized spacial score (nSPS) is 38.1.